The third kappa shape index (κ3) is 3.47. The van der Waals surface area contributed by atoms with E-state index in [2.05, 4.69) is 6.07 Å². The van der Waals surface area contributed by atoms with Crippen LogP contribution < -0.4 is 0 Å². The number of benzene rings is 1. The van der Waals surface area contributed by atoms with E-state index in [9.17, 15) is 10.2 Å². The molecule has 1 aliphatic carbocycles. The fourth-order valence-corrected chi connectivity index (χ4v) is 3.53. The minimum absolute atomic E-state index is 0.177. The van der Waals surface area contributed by atoms with Gasteiger partial charge in [-0.25, -0.2) is 0 Å². The molecule has 0 aliphatic heterocycles. The van der Waals surface area contributed by atoms with Gasteiger partial charge < -0.3 is 10.2 Å². The van der Waals surface area contributed by atoms with Gasteiger partial charge in [-0.15, -0.1) is 11.8 Å². The Morgan fingerprint density at radius 2 is 2.06 bits per heavy atom. The molecule has 0 spiro atoms. The molecule has 94 valence electrons. The van der Waals surface area contributed by atoms with E-state index in [0.717, 1.165) is 29.7 Å². The second kappa shape index (κ2) is 5.89. The second-order valence-corrected chi connectivity index (χ2v) is 6.07. The van der Waals surface area contributed by atoms with Crippen molar-refractivity contribution >= 4 is 11.8 Å². The average Bonchev–Trinajstić information content (AvgIpc) is 2.32. The van der Waals surface area contributed by atoms with E-state index >= 15 is 0 Å². The van der Waals surface area contributed by atoms with Crippen molar-refractivity contribution in [2.24, 2.45) is 0 Å². The van der Waals surface area contributed by atoms with E-state index in [4.69, 9.17) is 0 Å². The molecule has 0 amide bonds. The number of rotatable bonds is 3. The zero-order chi connectivity index (χ0) is 12.3. The van der Waals surface area contributed by atoms with Gasteiger partial charge in [0.1, 0.15) is 0 Å². The number of thioether (sulfide) groups is 1. The van der Waals surface area contributed by atoms with Gasteiger partial charge >= 0.3 is 0 Å². The molecule has 3 heteroatoms. The highest BCUT2D eigenvalue weighted by molar-refractivity contribution is 8.00. The number of hydrogen-bond donors (Lipinski definition) is 2. The normalized spacial score (nSPS) is 26.8. The van der Waals surface area contributed by atoms with Crippen molar-refractivity contribution in [3.63, 3.8) is 0 Å². The molecule has 17 heavy (non-hydrogen) atoms. The molecule has 3 atom stereocenters. The lowest BCUT2D eigenvalue weighted by Crippen LogP contribution is -2.26. The first-order valence-corrected chi connectivity index (χ1v) is 7.17. The smallest absolute Gasteiger partial charge is 0.0762 e. The lowest BCUT2D eigenvalue weighted by Gasteiger charge is -2.27. The van der Waals surface area contributed by atoms with Crippen molar-refractivity contribution in [1.29, 1.82) is 0 Å². The number of aliphatic hydroxyl groups is 2. The van der Waals surface area contributed by atoms with Crippen molar-refractivity contribution in [3.05, 3.63) is 29.8 Å². The Bertz CT molecular complexity index is 365. The highest BCUT2D eigenvalue weighted by Crippen LogP contribution is 2.34. The fourth-order valence-electron chi connectivity index (χ4n) is 2.24. The van der Waals surface area contributed by atoms with Crippen LogP contribution in [0, 0.1) is 0 Å². The molecule has 0 bridgehead atoms. The largest absolute Gasteiger partial charge is 0.392 e. The Balaban J connectivity index is 2.04. The van der Waals surface area contributed by atoms with Crippen molar-refractivity contribution < 1.29 is 10.2 Å². The van der Waals surface area contributed by atoms with Gasteiger partial charge in [-0.2, -0.15) is 0 Å². The van der Waals surface area contributed by atoms with Crippen LogP contribution >= 0.6 is 11.8 Å². The quantitative estimate of drug-likeness (QED) is 0.868. The highest BCUT2D eigenvalue weighted by atomic mass is 32.2. The summed E-state index contributed by atoms with van der Waals surface area (Å²) in [4.78, 5) is 1.15. The molecule has 3 unspecified atom stereocenters. The SMILES string of the molecule is CC(O)c1cccc(SC2CCCCC2O)c1. The number of hydrogen-bond acceptors (Lipinski definition) is 3. The maximum Gasteiger partial charge on any atom is 0.0762 e. The van der Waals surface area contributed by atoms with Crippen LogP contribution in [0.4, 0.5) is 0 Å². The van der Waals surface area contributed by atoms with Crippen molar-refractivity contribution in [1.82, 2.24) is 0 Å². The molecule has 2 N–H and O–H groups in total. The molecular weight excluding hydrogens is 232 g/mol. The molecule has 0 aromatic heterocycles. The fraction of sp³-hybridized carbons (Fsp3) is 0.571. The molecular formula is C14H20O2S. The summed E-state index contributed by atoms with van der Waals surface area (Å²) in [6.45, 7) is 1.78. The van der Waals surface area contributed by atoms with Crippen LogP contribution in [0.5, 0.6) is 0 Å². The maximum atomic E-state index is 9.94. The van der Waals surface area contributed by atoms with Crippen LogP contribution in [0.15, 0.2) is 29.2 Å². The van der Waals surface area contributed by atoms with E-state index in [1.54, 1.807) is 18.7 Å². The third-order valence-electron chi connectivity index (χ3n) is 3.30. The molecule has 1 saturated carbocycles. The summed E-state index contributed by atoms with van der Waals surface area (Å²) in [7, 11) is 0. The minimum Gasteiger partial charge on any atom is -0.392 e. The predicted octanol–water partition coefficient (Wildman–Crippen LogP) is 3.14. The molecule has 1 aliphatic rings. The van der Waals surface area contributed by atoms with Gasteiger partial charge in [0, 0.05) is 10.1 Å². The van der Waals surface area contributed by atoms with Crippen molar-refractivity contribution in [2.75, 3.05) is 0 Å². The maximum absolute atomic E-state index is 9.94. The summed E-state index contributed by atoms with van der Waals surface area (Å²) in [5.41, 5.74) is 0.945. The van der Waals surface area contributed by atoms with Crippen LogP contribution in [-0.2, 0) is 0 Å². The Morgan fingerprint density at radius 3 is 2.76 bits per heavy atom. The van der Waals surface area contributed by atoms with Gasteiger partial charge in [0.05, 0.1) is 12.2 Å². The van der Waals surface area contributed by atoms with Crippen LogP contribution in [0.3, 0.4) is 0 Å². The molecule has 0 radical (unpaired) electrons. The Kier molecular flexibility index (Phi) is 4.48. The Morgan fingerprint density at radius 1 is 1.29 bits per heavy atom. The first kappa shape index (κ1) is 12.9. The van der Waals surface area contributed by atoms with E-state index in [-0.39, 0.29) is 6.10 Å². The Hall–Kier alpha value is -0.510. The molecule has 2 rings (SSSR count). The average molecular weight is 252 g/mol. The first-order valence-electron chi connectivity index (χ1n) is 6.29. The zero-order valence-corrected chi connectivity index (χ0v) is 11.0. The van der Waals surface area contributed by atoms with Gasteiger partial charge in [0.25, 0.3) is 0 Å². The van der Waals surface area contributed by atoms with Crippen LogP contribution in [0.2, 0.25) is 0 Å². The summed E-state index contributed by atoms with van der Waals surface area (Å²) < 4.78 is 0. The van der Waals surface area contributed by atoms with Gasteiger partial charge in [-0.05, 0) is 37.5 Å². The van der Waals surface area contributed by atoms with Crippen molar-refractivity contribution in [2.45, 2.75) is 55.0 Å². The first-order chi connectivity index (χ1) is 8.16. The zero-order valence-electron chi connectivity index (χ0n) is 10.2. The standard InChI is InChI=1S/C14H20O2S/c1-10(15)11-5-4-6-12(9-11)17-14-8-3-2-7-13(14)16/h4-6,9-10,13-16H,2-3,7-8H2,1H3. The summed E-state index contributed by atoms with van der Waals surface area (Å²) >= 11 is 1.74. The van der Waals surface area contributed by atoms with Gasteiger partial charge in [0.15, 0.2) is 0 Å². The second-order valence-electron chi connectivity index (χ2n) is 4.76. The van der Waals surface area contributed by atoms with Gasteiger partial charge in [-0.3, -0.25) is 0 Å². The third-order valence-corrected chi connectivity index (χ3v) is 4.67. The molecule has 1 fully saturated rings. The van der Waals surface area contributed by atoms with Crippen LogP contribution in [0.1, 0.15) is 44.3 Å². The highest BCUT2D eigenvalue weighted by Gasteiger charge is 2.23. The van der Waals surface area contributed by atoms with E-state index in [1.165, 1.54) is 6.42 Å². The van der Waals surface area contributed by atoms with E-state index < -0.39 is 6.10 Å². The minimum atomic E-state index is -0.424. The molecule has 1 aromatic rings. The Labute approximate surface area is 107 Å². The lowest BCUT2D eigenvalue weighted by atomic mass is 9.97. The molecule has 0 heterocycles. The van der Waals surface area contributed by atoms with Gasteiger partial charge in [0.2, 0.25) is 0 Å². The molecule has 1 aromatic carbocycles. The topological polar surface area (TPSA) is 40.5 Å². The van der Waals surface area contributed by atoms with Crippen molar-refractivity contribution in [3.8, 4) is 0 Å². The number of aliphatic hydroxyl groups excluding tert-OH is 2. The van der Waals surface area contributed by atoms with E-state index in [1.807, 2.05) is 18.2 Å². The predicted molar refractivity (Wildman–Crippen MR) is 71.2 cm³/mol. The molecule has 2 nitrogen and oxygen atoms in total. The molecule has 0 saturated heterocycles. The van der Waals surface area contributed by atoms with Crippen LogP contribution in [0.25, 0.3) is 0 Å². The van der Waals surface area contributed by atoms with Gasteiger partial charge in [-0.1, -0.05) is 25.0 Å². The van der Waals surface area contributed by atoms with E-state index in [0.29, 0.717) is 5.25 Å². The van der Waals surface area contributed by atoms with Crippen LogP contribution in [-0.4, -0.2) is 21.6 Å². The summed E-state index contributed by atoms with van der Waals surface area (Å²) in [5, 5.41) is 19.8. The summed E-state index contributed by atoms with van der Waals surface area (Å²) in [5.74, 6) is 0. The summed E-state index contributed by atoms with van der Waals surface area (Å²) in [6, 6.07) is 7.99. The lowest BCUT2D eigenvalue weighted by molar-refractivity contribution is 0.137. The monoisotopic (exact) mass is 252 g/mol. The summed E-state index contributed by atoms with van der Waals surface area (Å²) in [6.07, 6.45) is 3.77.